The maximum Gasteiger partial charge on any atom is 0.150 e. The van der Waals surface area contributed by atoms with Gasteiger partial charge in [-0.25, -0.2) is 0 Å². The molecule has 0 saturated carbocycles. The van der Waals surface area contributed by atoms with Gasteiger partial charge >= 0.3 is 0 Å². The van der Waals surface area contributed by atoms with Crippen LogP contribution in [0.1, 0.15) is 68.1 Å². The van der Waals surface area contributed by atoms with E-state index in [1.54, 1.807) is 0 Å². The van der Waals surface area contributed by atoms with Gasteiger partial charge in [-0.3, -0.25) is 4.79 Å². The van der Waals surface area contributed by atoms with E-state index in [0.29, 0.717) is 0 Å². The van der Waals surface area contributed by atoms with Crippen LogP contribution in [0.15, 0.2) is 36.4 Å². The molecule has 0 amide bonds. The number of hydrogen-bond acceptors (Lipinski definition) is 4. The molecule has 3 heterocycles. The van der Waals surface area contributed by atoms with Gasteiger partial charge in [0.15, 0.2) is 6.29 Å². The molecule has 3 fully saturated rings. The SMILES string of the molecule is O=Cc1cc(N2CCCCC2)c2ccc3c(N4CCCCC4)cc(N4CCCCC4)c4ccc1c2c43. The normalized spacial score (nSPS) is 19.6. The highest BCUT2D eigenvalue weighted by Crippen LogP contribution is 2.47. The molecule has 0 aromatic heterocycles. The summed E-state index contributed by atoms with van der Waals surface area (Å²) >= 11 is 0. The molecule has 0 atom stereocenters. The number of anilines is 3. The van der Waals surface area contributed by atoms with E-state index in [4.69, 9.17) is 0 Å². The van der Waals surface area contributed by atoms with Crippen molar-refractivity contribution >= 4 is 55.7 Å². The Labute approximate surface area is 214 Å². The van der Waals surface area contributed by atoms with Gasteiger partial charge in [0.05, 0.1) is 0 Å². The number of carbonyl (C=O) groups excluding carboxylic acids is 1. The van der Waals surface area contributed by atoms with E-state index in [-0.39, 0.29) is 0 Å². The lowest BCUT2D eigenvalue weighted by Gasteiger charge is -2.35. The predicted molar refractivity (Wildman–Crippen MR) is 154 cm³/mol. The third kappa shape index (κ3) is 3.52. The summed E-state index contributed by atoms with van der Waals surface area (Å²) in [5, 5.41) is 7.81. The van der Waals surface area contributed by atoms with Crippen LogP contribution in [0.2, 0.25) is 0 Å². The molecule has 4 aromatic rings. The van der Waals surface area contributed by atoms with E-state index in [9.17, 15) is 4.79 Å². The minimum atomic E-state index is 0.834. The molecule has 36 heavy (non-hydrogen) atoms. The quantitative estimate of drug-likeness (QED) is 0.226. The average molecular weight is 480 g/mol. The highest BCUT2D eigenvalue weighted by Gasteiger charge is 2.25. The maximum absolute atomic E-state index is 12.4. The molecule has 7 rings (SSSR count). The Bertz CT molecular complexity index is 1370. The van der Waals surface area contributed by atoms with Gasteiger partial charge in [-0.05, 0) is 75.3 Å². The number of benzene rings is 4. The molecule has 0 radical (unpaired) electrons. The summed E-state index contributed by atoms with van der Waals surface area (Å²) in [6, 6.07) is 13.9. The summed E-state index contributed by atoms with van der Waals surface area (Å²) in [4.78, 5) is 20.2. The maximum atomic E-state index is 12.4. The second-order valence-corrected chi connectivity index (χ2v) is 11.2. The second-order valence-electron chi connectivity index (χ2n) is 11.2. The zero-order valence-corrected chi connectivity index (χ0v) is 21.4. The summed E-state index contributed by atoms with van der Waals surface area (Å²) in [5.74, 6) is 0. The van der Waals surface area contributed by atoms with Gasteiger partial charge in [-0.15, -0.1) is 0 Å². The predicted octanol–water partition coefficient (Wildman–Crippen LogP) is 7.37. The van der Waals surface area contributed by atoms with E-state index in [1.807, 2.05) is 0 Å². The van der Waals surface area contributed by atoms with Crippen LogP contribution < -0.4 is 14.7 Å². The number of aldehydes is 1. The second kappa shape index (κ2) is 9.14. The van der Waals surface area contributed by atoms with Crippen LogP contribution in [0, 0.1) is 0 Å². The third-order valence-electron chi connectivity index (χ3n) is 9.08. The molecule has 186 valence electrons. The van der Waals surface area contributed by atoms with Crippen molar-refractivity contribution in [1.82, 2.24) is 0 Å². The van der Waals surface area contributed by atoms with E-state index < -0.39 is 0 Å². The van der Waals surface area contributed by atoms with Crippen LogP contribution in [0.4, 0.5) is 17.1 Å². The molecular weight excluding hydrogens is 442 g/mol. The Morgan fingerprint density at radius 3 is 1.25 bits per heavy atom. The monoisotopic (exact) mass is 479 g/mol. The highest BCUT2D eigenvalue weighted by atomic mass is 16.1. The van der Waals surface area contributed by atoms with Crippen molar-refractivity contribution in [3.8, 4) is 0 Å². The van der Waals surface area contributed by atoms with E-state index in [0.717, 1.165) is 56.5 Å². The van der Waals surface area contributed by atoms with E-state index in [2.05, 4.69) is 51.1 Å². The molecule has 3 saturated heterocycles. The standard InChI is InChI=1S/C32H37N3O/c36-22-23-20-28(33-14-4-1-5-15-33)25-12-13-27-30(35-18-8-3-9-19-35)21-29(34-16-6-2-7-17-34)26-11-10-24(23)31(25)32(26)27/h10-13,20-22H,1-9,14-19H2. The van der Waals surface area contributed by atoms with Gasteiger partial charge < -0.3 is 14.7 Å². The van der Waals surface area contributed by atoms with Crippen molar-refractivity contribution in [2.24, 2.45) is 0 Å². The van der Waals surface area contributed by atoms with Crippen LogP contribution in [0.3, 0.4) is 0 Å². The van der Waals surface area contributed by atoms with Gasteiger partial charge in [-0.2, -0.15) is 0 Å². The van der Waals surface area contributed by atoms with Crippen molar-refractivity contribution in [3.05, 3.63) is 42.0 Å². The summed E-state index contributed by atoms with van der Waals surface area (Å²) in [5.41, 5.74) is 4.88. The first-order valence-electron chi connectivity index (χ1n) is 14.3. The van der Waals surface area contributed by atoms with Crippen molar-refractivity contribution in [2.75, 3.05) is 54.0 Å². The molecule has 3 aliphatic rings. The molecule has 0 N–H and O–H groups in total. The molecule has 4 nitrogen and oxygen atoms in total. The summed E-state index contributed by atoms with van der Waals surface area (Å²) < 4.78 is 0. The Morgan fingerprint density at radius 2 is 0.833 bits per heavy atom. The topological polar surface area (TPSA) is 26.8 Å². The van der Waals surface area contributed by atoms with Gasteiger partial charge in [0, 0.05) is 88.8 Å². The minimum Gasteiger partial charge on any atom is -0.371 e. The molecule has 0 bridgehead atoms. The zero-order chi connectivity index (χ0) is 24.1. The Hall–Kier alpha value is -3.01. The molecular formula is C32H37N3O. The van der Waals surface area contributed by atoms with Gasteiger partial charge in [0.2, 0.25) is 0 Å². The number of carbonyl (C=O) groups is 1. The first-order valence-corrected chi connectivity index (χ1v) is 14.3. The summed E-state index contributed by atoms with van der Waals surface area (Å²) in [6.07, 6.45) is 12.6. The van der Waals surface area contributed by atoms with Crippen LogP contribution in [-0.4, -0.2) is 45.6 Å². The fraction of sp³-hybridized carbons (Fsp3) is 0.469. The van der Waals surface area contributed by atoms with Gasteiger partial charge in [0.1, 0.15) is 0 Å². The van der Waals surface area contributed by atoms with Crippen molar-refractivity contribution in [1.29, 1.82) is 0 Å². The Balaban J connectivity index is 1.56. The lowest BCUT2D eigenvalue weighted by molar-refractivity contribution is 0.112. The summed E-state index contributed by atoms with van der Waals surface area (Å²) in [6.45, 7) is 6.73. The van der Waals surface area contributed by atoms with Crippen molar-refractivity contribution in [3.63, 3.8) is 0 Å². The molecule has 0 unspecified atom stereocenters. The number of nitrogens with zero attached hydrogens (tertiary/aromatic N) is 3. The van der Waals surface area contributed by atoms with Gasteiger partial charge in [-0.1, -0.05) is 24.3 Å². The largest absolute Gasteiger partial charge is 0.371 e. The van der Waals surface area contributed by atoms with Crippen LogP contribution in [0.25, 0.3) is 32.3 Å². The average Bonchev–Trinajstić information content (AvgIpc) is 2.96. The number of piperidine rings is 3. The lowest BCUT2D eigenvalue weighted by atomic mass is 9.88. The molecule has 3 aliphatic heterocycles. The fourth-order valence-corrected chi connectivity index (χ4v) is 7.25. The number of hydrogen-bond donors (Lipinski definition) is 0. The first-order chi connectivity index (χ1) is 17.8. The first kappa shape index (κ1) is 22.2. The highest BCUT2D eigenvalue weighted by molar-refractivity contribution is 6.31. The fourth-order valence-electron chi connectivity index (χ4n) is 7.25. The molecule has 0 spiro atoms. The molecule has 4 heteroatoms. The van der Waals surface area contributed by atoms with Crippen LogP contribution in [0.5, 0.6) is 0 Å². The van der Waals surface area contributed by atoms with Crippen LogP contribution in [-0.2, 0) is 0 Å². The van der Waals surface area contributed by atoms with Crippen molar-refractivity contribution < 1.29 is 4.79 Å². The van der Waals surface area contributed by atoms with Crippen LogP contribution >= 0.6 is 0 Å². The Morgan fingerprint density at radius 1 is 0.472 bits per heavy atom. The van der Waals surface area contributed by atoms with E-state index >= 15 is 0 Å². The number of rotatable bonds is 4. The molecule has 4 aromatic carbocycles. The van der Waals surface area contributed by atoms with Crippen molar-refractivity contribution in [2.45, 2.75) is 57.8 Å². The lowest BCUT2D eigenvalue weighted by Crippen LogP contribution is -2.32. The smallest absolute Gasteiger partial charge is 0.150 e. The minimum absolute atomic E-state index is 0.834. The molecule has 0 aliphatic carbocycles. The Kier molecular flexibility index (Phi) is 5.64. The van der Waals surface area contributed by atoms with E-state index in [1.165, 1.54) is 102 Å². The summed E-state index contributed by atoms with van der Waals surface area (Å²) in [7, 11) is 0. The van der Waals surface area contributed by atoms with Gasteiger partial charge in [0.25, 0.3) is 0 Å². The zero-order valence-electron chi connectivity index (χ0n) is 21.4. The third-order valence-corrected chi connectivity index (χ3v) is 9.08.